The van der Waals surface area contributed by atoms with Crippen LogP contribution in [0, 0.1) is 0 Å². The molecule has 0 radical (unpaired) electrons. The quantitative estimate of drug-likeness (QED) is 0.514. The van der Waals surface area contributed by atoms with Crippen LogP contribution in [0.15, 0.2) is 71.9 Å². The molecule has 154 valence electrons. The van der Waals surface area contributed by atoms with Crippen LogP contribution in [0.25, 0.3) is 0 Å². The predicted octanol–water partition coefficient (Wildman–Crippen LogP) is 4.81. The highest BCUT2D eigenvalue weighted by atomic mass is 32.2. The summed E-state index contributed by atoms with van der Waals surface area (Å²) in [7, 11) is 0. The van der Waals surface area contributed by atoms with Crippen molar-refractivity contribution in [3.05, 3.63) is 83.7 Å². The molecule has 30 heavy (non-hydrogen) atoms. The van der Waals surface area contributed by atoms with E-state index in [1.807, 2.05) is 66.6 Å². The van der Waals surface area contributed by atoms with Gasteiger partial charge >= 0.3 is 0 Å². The lowest BCUT2D eigenvalue weighted by Gasteiger charge is -2.25. The van der Waals surface area contributed by atoms with Crippen molar-refractivity contribution in [3.8, 4) is 11.5 Å². The second kappa shape index (κ2) is 9.67. The van der Waals surface area contributed by atoms with Crippen LogP contribution in [0.4, 0.5) is 0 Å². The number of aromatic nitrogens is 1. The summed E-state index contributed by atoms with van der Waals surface area (Å²) in [5, 5.41) is 0. The van der Waals surface area contributed by atoms with Crippen LogP contribution in [-0.2, 0) is 12.3 Å². The lowest BCUT2D eigenvalue weighted by atomic mass is 10.1. The highest BCUT2D eigenvalue weighted by Gasteiger charge is 2.20. The van der Waals surface area contributed by atoms with E-state index in [-0.39, 0.29) is 5.91 Å². The Hall–Kier alpha value is -2.99. The number of hydrogen-bond acceptors (Lipinski definition) is 5. The topological polar surface area (TPSA) is 51.7 Å². The SMILES string of the molecule is CCN(Cc1cccc2c1OCCO2)C(=O)c1ccc(SCc2cccnc2)cc1. The minimum Gasteiger partial charge on any atom is -0.486 e. The van der Waals surface area contributed by atoms with Gasteiger partial charge < -0.3 is 14.4 Å². The summed E-state index contributed by atoms with van der Waals surface area (Å²) >= 11 is 1.73. The molecule has 1 aliphatic rings. The first-order valence-corrected chi connectivity index (χ1v) is 11.0. The van der Waals surface area contributed by atoms with Gasteiger partial charge in [0.25, 0.3) is 5.91 Å². The van der Waals surface area contributed by atoms with Gasteiger partial charge in [-0.25, -0.2) is 0 Å². The molecule has 0 N–H and O–H groups in total. The summed E-state index contributed by atoms with van der Waals surface area (Å²) < 4.78 is 11.5. The van der Waals surface area contributed by atoms with Crippen molar-refractivity contribution >= 4 is 17.7 Å². The van der Waals surface area contributed by atoms with E-state index in [4.69, 9.17) is 9.47 Å². The van der Waals surface area contributed by atoms with Gasteiger partial charge in [0.05, 0.1) is 0 Å². The van der Waals surface area contributed by atoms with Gasteiger partial charge in [-0.05, 0) is 48.9 Å². The molecule has 2 aromatic carbocycles. The molecule has 0 atom stereocenters. The summed E-state index contributed by atoms with van der Waals surface area (Å²) in [6.45, 7) is 4.17. The van der Waals surface area contributed by atoms with Gasteiger partial charge in [-0.1, -0.05) is 18.2 Å². The van der Waals surface area contributed by atoms with E-state index in [2.05, 4.69) is 11.1 Å². The molecule has 0 saturated heterocycles. The number of carbonyl (C=O) groups is 1. The van der Waals surface area contributed by atoms with Crippen LogP contribution in [-0.4, -0.2) is 35.5 Å². The van der Waals surface area contributed by atoms with Gasteiger partial charge in [0.2, 0.25) is 0 Å². The molecular formula is C24H24N2O3S. The molecule has 5 nitrogen and oxygen atoms in total. The third-order valence-corrected chi connectivity index (χ3v) is 5.99. The predicted molar refractivity (Wildman–Crippen MR) is 118 cm³/mol. The van der Waals surface area contributed by atoms with Crippen LogP contribution in [0.3, 0.4) is 0 Å². The zero-order valence-electron chi connectivity index (χ0n) is 16.9. The number of pyridine rings is 1. The molecule has 1 amide bonds. The maximum Gasteiger partial charge on any atom is 0.254 e. The maximum atomic E-state index is 13.1. The molecular weight excluding hydrogens is 396 g/mol. The molecule has 1 aromatic heterocycles. The number of benzene rings is 2. The summed E-state index contributed by atoms with van der Waals surface area (Å²) in [6, 6.07) is 17.6. The van der Waals surface area contributed by atoms with E-state index in [0.717, 1.165) is 27.7 Å². The molecule has 0 saturated carbocycles. The highest BCUT2D eigenvalue weighted by Crippen LogP contribution is 2.34. The van der Waals surface area contributed by atoms with Crippen LogP contribution in [0.5, 0.6) is 11.5 Å². The minimum absolute atomic E-state index is 0.00985. The van der Waals surface area contributed by atoms with Crippen LogP contribution < -0.4 is 9.47 Å². The van der Waals surface area contributed by atoms with E-state index in [9.17, 15) is 4.79 Å². The Morgan fingerprint density at radius 3 is 2.67 bits per heavy atom. The third kappa shape index (κ3) is 4.76. The normalized spacial score (nSPS) is 12.4. The van der Waals surface area contributed by atoms with E-state index in [1.165, 1.54) is 5.56 Å². The van der Waals surface area contributed by atoms with E-state index in [1.54, 1.807) is 18.0 Å². The van der Waals surface area contributed by atoms with E-state index >= 15 is 0 Å². The second-order valence-electron chi connectivity index (χ2n) is 6.93. The fourth-order valence-electron chi connectivity index (χ4n) is 3.32. The number of carbonyl (C=O) groups excluding carboxylic acids is 1. The van der Waals surface area contributed by atoms with Crippen LogP contribution in [0.2, 0.25) is 0 Å². The van der Waals surface area contributed by atoms with Crippen molar-refractivity contribution in [2.45, 2.75) is 24.1 Å². The fraction of sp³-hybridized carbons (Fsp3) is 0.250. The van der Waals surface area contributed by atoms with Crippen molar-refractivity contribution in [1.82, 2.24) is 9.88 Å². The number of fused-ring (bicyclic) bond motifs is 1. The average Bonchev–Trinajstić information content (AvgIpc) is 2.82. The number of amides is 1. The fourth-order valence-corrected chi connectivity index (χ4v) is 4.15. The summed E-state index contributed by atoms with van der Waals surface area (Å²) in [6.07, 6.45) is 3.65. The highest BCUT2D eigenvalue weighted by molar-refractivity contribution is 7.98. The first-order valence-electron chi connectivity index (χ1n) is 10.0. The second-order valence-corrected chi connectivity index (χ2v) is 7.98. The van der Waals surface area contributed by atoms with Crippen molar-refractivity contribution in [2.75, 3.05) is 19.8 Å². The number of hydrogen-bond donors (Lipinski definition) is 0. The molecule has 2 heterocycles. The number of ether oxygens (including phenoxy) is 2. The van der Waals surface area contributed by atoms with Gasteiger partial charge in [0.1, 0.15) is 13.2 Å². The number of thioether (sulfide) groups is 1. The first kappa shape index (κ1) is 20.3. The Morgan fingerprint density at radius 1 is 1.07 bits per heavy atom. The van der Waals surface area contributed by atoms with Gasteiger partial charge in [-0.3, -0.25) is 9.78 Å². The van der Waals surface area contributed by atoms with Crippen molar-refractivity contribution in [1.29, 1.82) is 0 Å². The van der Waals surface area contributed by atoms with Gasteiger partial charge in [-0.2, -0.15) is 0 Å². The number of nitrogens with zero attached hydrogens (tertiary/aromatic N) is 2. The van der Waals surface area contributed by atoms with Crippen LogP contribution >= 0.6 is 11.8 Å². The zero-order chi connectivity index (χ0) is 20.8. The van der Waals surface area contributed by atoms with E-state index in [0.29, 0.717) is 31.9 Å². The molecule has 0 bridgehead atoms. The molecule has 0 spiro atoms. The molecule has 0 aliphatic carbocycles. The molecule has 4 rings (SSSR count). The monoisotopic (exact) mass is 420 g/mol. The Labute approximate surface area is 181 Å². The van der Waals surface area contributed by atoms with Gasteiger partial charge in [0, 0.05) is 47.3 Å². The molecule has 3 aromatic rings. The van der Waals surface area contributed by atoms with Crippen LogP contribution in [0.1, 0.15) is 28.4 Å². The number of para-hydroxylation sites is 1. The third-order valence-electron chi connectivity index (χ3n) is 4.91. The average molecular weight is 421 g/mol. The van der Waals surface area contributed by atoms with E-state index < -0.39 is 0 Å². The Morgan fingerprint density at radius 2 is 1.90 bits per heavy atom. The Balaban J connectivity index is 1.42. The Bertz CT molecular complexity index is 993. The van der Waals surface area contributed by atoms with Crippen molar-refractivity contribution < 1.29 is 14.3 Å². The zero-order valence-corrected chi connectivity index (χ0v) is 17.7. The molecule has 1 aliphatic heterocycles. The summed E-state index contributed by atoms with van der Waals surface area (Å²) in [4.78, 5) is 20.2. The lowest BCUT2D eigenvalue weighted by molar-refractivity contribution is 0.0749. The largest absolute Gasteiger partial charge is 0.486 e. The number of rotatable bonds is 7. The van der Waals surface area contributed by atoms with Gasteiger partial charge in [0.15, 0.2) is 11.5 Å². The lowest BCUT2D eigenvalue weighted by Crippen LogP contribution is -2.30. The van der Waals surface area contributed by atoms with Gasteiger partial charge in [-0.15, -0.1) is 11.8 Å². The molecule has 6 heteroatoms. The first-order chi connectivity index (χ1) is 14.7. The molecule has 0 fully saturated rings. The maximum absolute atomic E-state index is 13.1. The standard InChI is InChI=1S/C24H24N2O3S/c1-2-26(16-20-6-3-7-22-23(20)29-14-13-28-22)24(27)19-8-10-21(11-9-19)30-17-18-5-4-12-25-15-18/h3-12,15H,2,13-14,16-17H2,1H3. The summed E-state index contributed by atoms with van der Waals surface area (Å²) in [5.74, 6) is 2.36. The Kier molecular flexibility index (Phi) is 6.54. The van der Waals surface area contributed by atoms with Crippen molar-refractivity contribution in [2.24, 2.45) is 0 Å². The molecule has 0 unspecified atom stereocenters. The van der Waals surface area contributed by atoms with Crippen molar-refractivity contribution in [3.63, 3.8) is 0 Å². The smallest absolute Gasteiger partial charge is 0.254 e. The minimum atomic E-state index is 0.00985. The summed E-state index contributed by atoms with van der Waals surface area (Å²) in [5.41, 5.74) is 2.83.